The van der Waals surface area contributed by atoms with E-state index in [1.807, 2.05) is 0 Å². The number of rotatable bonds is 8. The van der Waals surface area contributed by atoms with Crippen LogP contribution in [0.15, 0.2) is 48.5 Å². The van der Waals surface area contributed by atoms with Gasteiger partial charge in [-0.3, -0.25) is 0 Å². The van der Waals surface area contributed by atoms with E-state index in [0.29, 0.717) is 11.8 Å². The second-order valence-electron chi connectivity index (χ2n) is 8.11. The molecule has 136 valence electrons. The molecule has 2 aromatic rings. The molecule has 1 nitrogen and oxygen atoms in total. The Morgan fingerprint density at radius 3 is 2.00 bits per heavy atom. The predicted octanol–water partition coefficient (Wildman–Crippen LogP) is 7.51. The van der Waals surface area contributed by atoms with Crippen molar-refractivity contribution in [1.29, 1.82) is 0 Å². The molecule has 0 unspecified atom stereocenters. The lowest BCUT2D eigenvalue weighted by Crippen LogP contribution is -2.21. The Balaban J connectivity index is 2.48. The Hall–Kier alpha value is -1.76. The van der Waals surface area contributed by atoms with Crippen LogP contribution < -0.4 is 4.90 Å². The second kappa shape index (κ2) is 9.08. The molecular formula is C24H35N. The van der Waals surface area contributed by atoms with Crippen LogP contribution in [0.5, 0.6) is 0 Å². The van der Waals surface area contributed by atoms with E-state index in [9.17, 15) is 0 Å². The van der Waals surface area contributed by atoms with Gasteiger partial charge in [0.05, 0.1) is 0 Å². The Kier molecular flexibility index (Phi) is 7.11. The number of hydrogen-bond acceptors (Lipinski definition) is 1. The van der Waals surface area contributed by atoms with Gasteiger partial charge in [-0.15, -0.1) is 0 Å². The molecule has 0 radical (unpaired) electrons. The molecule has 1 heteroatoms. The van der Waals surface area contributed by atoms with Gasteiger partial charge < -0.3 is 4.90 Å². The maximum Gasteiger partial charge on any atom is 0.0448 e. The Morgan fingerprint density at radius 1 is 0.760 bits per heavy atom. The Morgan fingerprint density at radius 2 is 1.44 bits per heavy atom. The summed E-state index contributed by atoms with van der Waals surface area (Å²) in [6.45, 7) is 14.9. The van der Waals surface area contributed by atoms with E-state index in [1.165, 1.54) is 35.3 Å². The molecule has 0 aliphatic carbocycles. The van der Waals surface area contributed by atoms with Crippen LogP contribution in [0.3, 0.4) is 0 Å². The number of benzene rings is 2. The summed E-state index contributed by atoms with van der Waals surface area (Å²) in [4.78, 5) is 2.53. The lowest BCUT2D eigenvalue weighted by atomic mass is 9.88. The fourth-order valence-electron chi connectivity index (χ4n) is 3.59. The fourth-order valence-corrected chi connectivity index (χ4v) is 3.59. The second-order valence-corrected chi connectivity index (χ2v) is 8.11. The average Bonchev–Trinajstić information content (AvgIpc) is 2.58. The minimum absolute atomic E-state index is 0.518. The lowest BCUT2D eigenvalue weighted by molar-refractivity contribution is 0.558. The van der Waals surface area contributed by atoms with Crippen molar-refractivity contribution in [3.05, 3.63) is 59.7 Å². The molecule has 0 heterocycles. The van der Waals surface area contributed by atoms with E-state index < -0.39 is 0 Å². The van der Waals surface area contributed by atoms with Crippen molar-refractivity contribution in [2.24, 2.45) is 5.92 Å². The fraction of sp³-hybridized carbons (Fsp3) is 0.500. The Labute approximate surface area is 155 Å². The number of nitrogens with zero attached hydrogens (tertiary/aromatic N) is 1. The standard InChI is InChI=1S/C24H35N/c1-18(2)12-11-17-25(21-13-8-7-9-14-21)23-16-10-15-22(19(3)4)24(23)20(5)6/h7-10,13-16,18-20H,11-12,17H2,1-6H3. The van der Waals surface area contributed by atoms with E-state index >= 15 is 0 Å². The summed E-state index contributed by atoms with van der Waals surface area (Å²) in [5, 5.41) is 0. The van der Waals surface area contributed by atoms with Gasteiger partial charge in [-0.2, -0.15) is 0 Å². The van der Waals surface area contributed by atoms with Crippen molar-refractivity contribution in [3.8, 4) is 0 Å². The SMILES string of the molecule is CC(C)CCCN(c1ccccc1)c1cccc(C(C)C)c1C(C)C. The minimum atomic E-state index is 0.518. The molecule has 0 spiro atoms. The molecule has 0 fully saturated rings. The van der Waals surface area contributed by atoms with Crippen molar-refractivity contribution >= 4 is 11.4 Å². The van der Waals surface area contributed by atoms with E-state index in [0.717, 1.165) is 12.5 Å². The highest BCUT2D eigenvalue weighted by Gasteiger charge is 2.19. The first-order valence-corrected chi connectivity index (χ1v) is 9.87. The molecule has 0 saturated carbocycles. The smallest absolute Gasteiger partial charge is 0.0448 e. The van der Waals surface area contributed by atoms with E-state index in [4.69, 9.17) is 0 Å². The number of anilines is 2. The van der Waals surface area contributed by atoms with Crippen LogP contribution in [0.4, 0.5) is 11.4 Å². The summed E-state index contributed by atoms with van der Waals surface area (Å²) in [5.74, 6) is 1.82. The van der Waals surface area contributed by atoms with Crippen LogP contribution in [-0.4, -0.2) is 6.54 Å². The summed E-state index contributed by atoms with van der Waals surface area (Å²) >= 11 is 0. The first-order chi connectivity index (χ1) is 11.9. The van der Waals surface area contributed by atoms with Crippen LogP contribution in [-0.2, 0) is 0 Å². The molecule has 0 amide bonds. The molecule has 0 N–H and O–H groups in total. The summed E-state index contributed by atoms with van der Waals surface area (Å²) in [6, 6.07) is 17.7. The zero-order valence-electron chi connectivity index (χ0n) is 16.9. The van der Waals surface area contributed by atoms with E-state index in [-0.39, 0.29) is 0 Å². The van der Waals surface area contributed by atoms with Crippen LogP contribution in [0.2, 0.25) is 0 Å². The molecule has 0 aliphatic rings. The summed E-state index contributed by atoms with van der Waals surface area (Å²) in [6.07, 6.45) is 2.49. The predicted molar refractivity (Wildman–Crippen MR) is 112 cm³/mol. The molecule has 25 heavy (non-hydrogen) atoms. The third-order valence-electron chi connectivity index (χ3n) is 4.84. The number of hydrogen-bond donors (Lipinski definition) is 0. The molecule has 0 aliphatic heterocycles. The van der Waals surface area contributed by atoms with Gasteiger partial charge in [-0.1, -0.05) is 71.9 Å². The molecule has 0 atom stereocenters. The average molecular weight is 338 g/mol. The van der Waals surface area contributed by atoms with Crippen LogP contribution >= 0.6 is 0 Å². The van der Waals surface area contributed by atoms with Gasteiger partial charge in [-0.25, -0.2) is 0 Å². The molecule has 2 aromatic carbocycles. The van der Waals surface area contributed by atoms with Crippen molar-refractivity contribution in [1.82, 2.24) is 0 Å². The van der Waals surface area contributed by atoms with Gasteiger partial charge >= 0.3 is 0 Å². The van der Waals surface area contributed by atoms with E-state index in [2.05, 4.69) is 95.0 Å². The zero-order chi connectivity index (χ0) is 18.4. The third-order valence-corrected chi connectivity index (χ3v) is 4.84. The third kappa shape index (κ3) is 5.11. The molecule has 2 rings (SSSR count). The van der Waals surface area contributed by atoms with E-state index in [1.54, 1.807) is 0 Å². The highest BCUT2D eigenvalue weighted by atomic mass is 15.1. The van der Waals surface area contributed by atoms with Crippen molar-refractivity contribution < 1.29 is 0 Å². The van der Waals surface area contributed by atoms with Crippen LogP contribution in [0.1, 0.15) is 77.3 Å². The summed E-state index contributed by atoms with van der Waals surface area (Å²) < 4.78 is 0. The largest absolute Gasteiger partial charge is 0.341 e. The normalized spacial score (nSPS) is 11.6. The molecular weight excluding hydrogens is 302 g/mol. The van der Waals surface area contributed by atoms with Crippen molar-refractivity contribution in [2.45, 2.75) is 66.2 Å². The van der Waals surface area contributed by atoms with Crippen LogP contribution in [0, 0.1) is 5.92 Å². The van der Waals surface area contributed by atoms with Gasteiger partial charge in [-0.05, 0) is 59.9 Å². The summed E-state index contributed by atoms with van der Waals surface area (Å²) in [5.41, 5.74) is 5.67. The van der Waals surface area contributed by atoms with Gasteiger partial charge in [0, 0.05) is 17.9 Å². The van der Waals surface area contributed by atoms with Crippen molar-refractivity contribution in [3.63, 3.8) is 0 Å². The zero-order valence-corrected chi connectivity index (χ0v) is 16.9. The topological polar surface area (TPSA) is 3.24 Å². The molecule has 0 bridgehead atoms. The number of para-hydroxylation sites is 1. The monoisotopic (exact) mass is 337 g/mol. The quantitative estimate of drug-likeness (QED) is 0.482. The van der Waals surface area contributed by atoms with Gasteiger partial charge in [0.1, 0.15) is 0 Å². The van der Waals surface area contributed by atoms with Gasteiger partial charge in [0.25, 0.3) is 0 Å². The highest BCUT2D eigenvalue weighted by molar-refractivity contribution is 5.68. The van der Waals surface area contributed by atoms with Crippen molar-refractivity contribution in [2.75, 3.05) is 11.4 Å². The highest BCUT2D eigenvalue weighted by Crippen LogP contribution is 2.38. The van der Waals surface area contributed by atoms with Gasteiger partial charge in [0.2, 0.25) is 0 Å². The first kappa shape index (κ1) is 19.6. The summed E-state index contributed by atoms with van der Waals surface area (Å²) in [7, 11) is 0. The Bertz CT molecular complexity index is 640. The molecule has 0 aromatic heterocycles. The van der Waals surface area contributed by atoms with Gasteiger partial charge in [0.15, 0.2) is 0 Å². The first-order valence-electron chi connectivity index (χ1n) is 9.87. The van der Waals surface area contributed by atoms with Crippen LogP contribution in [0.25, 0.3) is 0 Å². The molecule has 0 saturated heterocycles. The lowest BCUT2D eigenvalue weighted by Gasteiger charge is -2.31. The maximum atomic E-state index is 2.53. The maximum absolute atomic E-state index is 2.53. The minimum Gasteiger partial charge on any atom is -0.341 e.